The van der Waals surface area contributed by atoms with Crippen molar-refractivity contribution >= 4 is 11.7 Å². The highest BCUT2D eigenvalue weighted by atomic mass is 16.4. The third kappa shape index (κ3) is 3.23. The first-order valence-electron chi connectivity index (χ1n) is 6.34. The Morgan fingerprint density at radius 3 is 2.94 bits per heavy atom. The van der Waals surface area contributed by atoms with Gasteiger partial charge in [0.1, 0.15) is 0 Å². The van der Waals surface area contributed by atoms with E-state index in [4.69, 9.17) is 5.11 Å². The molecule has 1 aromatic rings. The standard InChI is InChI=1S/C14H20N2O2/c1-10-4-3-5-13(6-10)16-8-11(2)15-12(9-16)7-14(17)18/h3-6,11-12,15H,7-9H2,1-2H3,(H,17,18). The number of carboxylic acids is 1. The topological polar surface area (TPSA) is 52.6 Å². The molecule has 2 N–H and O–H groups in total. The molecule has 2 unspecified atom stereocenters. The maximum atomic E-state index is 10.8. The molecule has 1 aromatic carbocycles. The van der Waals surface area contributed by atoms with Crippen molar-refractivity contribution in [3.8, 4) is 0 Å². The molecule has 1 fully saturated rings. The Hall–Kier alpha value is -1.55. The van der Waals surface area contributed by atoms with Gasteiger partial charge in [-0.05, 0) is 31.5 Å². The van der Waals surface area contributed by atoms with Crippen molar-refractivity contribution in [2.45, 2.75) is 32.4 Å². The fourth-order valence-electron chi connectivity index (χ4n) is 2.55. The molecular weight excluding hydrogens is 228 g/mol. The molecule has 1 heterocycles. The minimum absolute atomic E-state index is 0.0202. The maximum absolute atomic E-state index is 10.8. The van der Waals surface area contributed by atoms with Gasteiger partial charge in [0.05, 0.1) is 6.42 Å². The number of anilines is 1. The SMILES string of the molecule is Cc1cccc(N2CC(C)NC(CC(=O)O)C2)c1. The third-order valence-corrected chi connectivity index (χ3v) is 3.24. The van der Waals surface area contributed by atoms with E-state index >= 15 is 0 Å². The van der Waals surface area contributed by atoms with E-state index in [1.165, 1.54) is 11.3 Å². The molecule has 0 bridgehead atoms. The van der Waals surface area contributed by atoms with Gasteiger partial charge in [0.15, 0.2) is 0 Å². The zero-order valence-electron chi connectivity index (χ0n) is 10.9. The van der Waals surface area contributed by atoms with Crippen LogP contribution in [0.5, 0.6) is 0 Å². The van der Waals surface area contributed by atoms with Crippen LogP contribution in [0.25, 0.3) is 0 Å². The molecule has 0 aromatic heterocycles. The van der Waals surface area contributed by atoms with E-state index in [1.807, 2.05) is 6.07 Å². The van der Waals surface area contributed by atoms with Crippen LogP contribution in [0, 0.1) is 6.92 Å². The molecule has 4 nitrogen and oxygen atoms in total. The Morgan fingerprint density at radius 2 is 2.28 bits per heavy atom. The van der Waals surface area contributed by atoms with Crippen LogP contribution in [-0.4, -0.2) is 36.2 Å². The van der Waals surface area contributed by atoms with Gasteiger partial charge in [0, 0.05) is 30.9 Å². The fraction of sp³-hybridized carbons (Fsp3) is 0.500. The molecule has 0 radical (unpaired) electrons. The molecular formula is C14H20N2O2. The number of nitrogens with zero attached hydrogens (tertiary/aromatic N) is 1. The third-order valence-electron chi connectivity index (χ3n) is 3.24. The van der Waals surface area contributed by atoms with Crippen LogP contribution in [0.15, 0.2) is 24.3 Å². The lowest BCUT2D eigenvalue weighted by molar-refractivity contribution is -0.137. The lowest BCUT2D eigenvalue weighted by atomic mass is 10.1. The quantitative estimate of drug-likeness (QED) is 0.854. The number of aryl methyl sites for hydroxylation is 1. The summed E-state index contributed by atoms with van der Waals surface area (Å²) in [5.74, 6) is -0.745. The van der Waals surface area contributed by atoms with Crippen LogP contribution < -0.4 is 10.2 Å². The largest absolute Gasteiger partial charge is 0.481 e. The van der Waals surface area contributed by atoms with Crippen molar-refractivity contribution in [1.29, 1.82) is 0 Å². The minimum Gasteiger partial charge on any atom is -0.481 e. The second-order valence-corrected chi connectivity index (χ2v) is 5.11. The number of carboxylic acid groups (broad SMARTS) is 1. The van der Waals surface area contributed by atoms with E-state index in [-0.39, 0.29) is 12.5 Å². The van der Waals surface area contributed by atoms with Crippen molar-refractivity contribution in [2.75, 3.05) is 18.0 Å². The number of hydrogen-bond donors (Lipinski definition) is 2. The molecule has 1 aliphatic heterocycles. The summed E-state index contributed by atoms with van der Waals surface area (Å²) in [4.78, 5) is 13.1. The van der Waals surface area contributed by atoms with E-state index in [9.17, 15) is 4.79 Å². The van der Waals surface area contributed by atoms with Crippen LogP contribution in [0.1, 0.15) is 18.9 Å². The van der Waals surface area contributed by atoms with Gasteiger partial charge in [0.25, 0.3) is 0 Å². The second-order valence-electron chi connectivity index (χ2n) is 5.11. The molecule has 0 saturated carbocycles. The summed E-state index contributed by atoms with van der Waals surface area (Å²) in [5, 5.41) is 12.2. The van der Waals surface area contributed by atoms with E-state index in [0.717, 1.165) is 13.1 Å². The van der Waals surface area contributed by atoms with Crippen molar-refractivity contribution in [2.24, 2.45) is 0 Å². The molecule has 2 rings (SSSR count). The molecule has 98 valence electrons. The summed E-state index contributed by atoms with van der Waals surface area (Å²) in [6, 6.07) is 8.68. The first-order valence-corrected chi connectivity index (χ1v) is 6.34. The van der Waals surface area contributed by atoms with Crippen molar-refractivity contribution in [1.82, 2.24) is 5.32 Å². The van der Waals surface area contributed by atoms with E-state index in [0.29, 0.717) is 6.04 Å². The lowest BCUT2D eigenvalue weighted by Gasteiger charge is -2.38. The van der Waals surface area contributed by atoms with Crippen molar-refractivity contribution in [3.63, 3.8) is 0 Å². The van der Waals surface area contributed by atoms with Gasteiger partial charge >= 0.3 is 5.97 Å². The average Bonchev–Trinajstić information content (AvgIpc) is 2.27. The number of rotatable bonds is 3. The molecule has 1 saturated heterocycles. The maximum Gasteiger partial charge on any atom is 0.304 e. The zero-order valence-corrected chi connectivity index (χ0v) is 10.9. The van der Waals surface area contributed by atoms with Gasteiger partial charge in [0.2, 0.25) is 0 Å². The fourth-order valence-corrected chi connectivity index (χ4v) is 2.55. The van der Waals surface area contributed by atoms with Gasteiger partial charge in [-0.15, -0.1) is 0 Å². The summed E-state index contributed by atoms with van der Waals surface area (Å²) in [7, 11) is 0. The molecule has 0 spiro atoms. The van der Waals surface area contributed by atoms with Gasteiger partial charge in [-0.1, -0.05) is 12.1 Å². The van der Waals surface area contributed by atoms with E-state index in [1.54, 1.807) is 0 Å². The minimum atomic E-state index is -0.745. The number of benzene rings is 1. The zero-order chi connectivity index (χ0) is 13.1. The highest BCUT2D eigenvalue weighted by Crippen LogP contribution is 2.19. The Kier molecular flexibility index (Phi) is 3.87. The van der Waals surface area contributed by atoms with E-state index < -0.39 is 5.97 Å². The van der Waals surface area contributed by atoms with Crippen LogP contribution in [-0.2, 0) is 4.79 Å². The van der Waals surface area contributed by atoms with E-state index in [2.05, 4.69) is 42.3 Å². The van der Waals surface area contributed by atoms with Crippen molar-refractivity contribution in [3.05, 3.63) is 29.8 Å². The summed E-state index contributed by atoms with van der Waals surface area (Å²) in [6.07, 6.45) is 0.173. The average molecular weight is 248 g/mol. The van der Waals surface area contributed by atoms with Crippen molar-refractivity contribution < 1.29 is 9.90 Å². The van der Waals surface area contributed by atoms with Crippen LogP contribution in [0.3, 0.4) is 0 Å². The van der Waals surface area contributed by atoms with Gasteiger partial charge < -0.3 is 15.3 Å². The second kappa shape index (κ2) is 5.40. The monoisotopic (exact) mass is 248 g/mol. The summed E-state index contributed by atoms with van der Waals surface area (Å²) in [5.41, 5.74) is 2.41. The number of piperazine rings is 1. The number of carbonyl (C=O) groups is 1. The first-order chi connectivity index (χ1) is 8.54. The Balaban J connectivity index is 2.10. The predicted octanol–water partition coefficient (Wildman–Crippen LogP) is 1.64. The predicted molar refractivity (Wildman–Crippen MR) is 72.0 cm³/mol. The molecule has 2 atom stereocenters. The highest BCUT2D eigenvalue weighted by molar-refractivity contribution is 5.67. The Morgan fingerprint density at radius 1 is 1.50 bits per heavy atom. The smallest absolute Gasteiger partial charge is 0.304 e. The summed E-state index contributed by atoms with van der Waals surface area (Å²) >= 11 is 0. The van der Waals surface area contributed by atoms with Gasteiger partial charge in [-0.2, -0.15) is 0 Å². The van der Waals surface area contributed by atoms with Crippen LogP contribution in [0.4, 0.5) is 5.69 Å². The van der Waals surface area contributed by atoms with Gasteiger partial charge in [-0.3, -0.25) is 4.79 Å². The molecule has 0 amide bonds. The number of aliphatic carboxylic acids is 1. The number of nitrogens with one attached hydrogen (secondary N) is 1. The lowest BCUT2D eigenvalue weighted by Crippen LogP contribution is -2.56. The molecule has 4 heteroatoms. The highest BCUT2D eigenvalue weighted by Gasteiger charge is 2.25. The Labute approximate surface area is 108 Å². The van der Waals surface area contributed by atoms with Gasteiger partial charge in [-0.25, -0.2) is 0 Å². The normalized spacial score (nSPS) is 24.0. The van der Waals surface area contributed by atoms with Crippen LogP contribution >= 0.6 is 0 Å². The molecule has 1 aliphatic rings. The first kappa shape index (κ1) is 12.9. The molecule has 18 heavy (non-hydrogen) atoms. The number of hydrogen-bond acceptors (Lipinski definition) is 3. The molecule has 0 aliphatic carbocycles. The van der Waals surface area contributed by atoms with Crippen LogP contribution in [0.2, 0.25) is 0 Å². The summed E-state index contributed by atoms with van der Waals surface area (Å²) in [6.45, 7) is 5.83. The Bertz CT molecular complexity index is 434. The summed E-state index contributed by atoms with van der Waals surface area (Å²) < 4.78 is 0.